The van der Waals surface area contributed by atoms with E-state index in [1.807, 2.05) is 60.7 Å². The summed E-state index contributed by atoms with van der Waals surface area (Å²) in [6.45, 7) is 2.74. The van der Waals surface area contributed by atoms with E-state index in [0.717, 1.165) is 11.1 Å². The minimum absolute atomic E-state index is 0.102. The molecule has 0 heterocycles. The molecule has 1 atom stereocenters. The Balaban J connectivity index is 1.77. The lowest BCUT2D eigenvalue weighted by Crippen LogP contribution is -2.39. The van der Waals surface area contributed by atoms with Gasteiger partial charge in [-0.15, -0.1) is 0 Å². The van der Waals surface area contributed by atoms with E-state index >= 15 is 0 Å². The van der Waals surface area contributed by atoms with Crippen molar-refractivity contribution < 1.29 is 9.53 Å². The summed E-state index contributed by atoms with van der Waals surface area (Å²) in [7, 11) is 0. The lowest BCUT2D eigenvalue weighted by atomic mass is 10.1. The molecule has 4 heteroatoms. The van der Waals surface area contributed by atoms with E-state index in [2.05, 4.69) is 6.07 Å². The Morgan fingerprint density at radius 2 is 1.50 bits per heavy atom. The quantitative estimate of drug-likeness (QED) is 0.613. The zero-order valence-corrected chi connectivity index (χ0v) is 15.8. The first-order chi connectivity index (χ1) is 13.7. The minimum atomic E-state index is -0.665. The van der Waals surface area contributed by atoms with Gasteiger partial charge in [-0.2, -0.15) is 5.26 Å². The summed E-state index contributed by atoms with van der Waals surface area (Å²) in [6, 6.07) is 28.7. The van der Waals surface area contributed by atoms with Crippen molar-refractivity contribution in [3.05, 3.63) is 102 Å². The largest absolute Gasteiger partial charge is 0.481 e. The maximum absolute atomic E-state index is 13.1. The fraction of sp³-hybridized carbons (Fsp3) is 0.167. The molecule has 140 valence electrons. The number of rotatable bonds is 7. The van der Waals surface area contributed by atoms with Gasteiger partial charge in [0.2, 0.25) is 0 Å². The third-order valence-corrected chi connectivity index (χ3v) is 4.37. The van der Waals surface area contributed by atoms with Crippen molar-refractivity contribution in [3.63, 3.8) is 0 Å². The van der Waals surface area contributed by atoms with Crippen LogP contribution < -0.4 is 4.74 Å². The lowest BCUT2D eigenvalue weighted by molar-refractivity contribution is -0.139. The van der Waals surface area contributed by atoms with Crippen LogP contribution in [0.2, 0.25) is 0 Å². The average Bonchev–Trinajstić information content (AvgIpc) is 2.74. The van der Waals surface area contributed by atoms with Crippen molar-refractivity contribution >= 4 is 5.91 Å². The van der Waals surface area contributed by atoms with Gasteiger partial charge in [-0.05, 0) is 36.2 Å². The molecular weight excluding hydrogens is 348 g/mol. The van der Waals surface area contributed by atoms with Crippen LogP contribution in [0.15, 0.2) is 84.9 Å². The number of carbonyl (C=O) groups excluding carboxylic acids is 1. The summed E-state index contributed by atoms with van der Waals surface area (Å²) in [5.74, 6) is 0.411. The van der Waals surface area contributed by atoms with Crippen molar-refractivity contribution in [2.24, 2.45) is 0 Å². The molecule has 0 aliphatic rings. The monoisotopic (exact) mass is 370 g/mol. The van der Waals surface area contributed by atoms with Gasteiger partial charge in [0.05, 0.1) is 11.6 Å². The Labute approximate surface area is 165 Å². The van der Waals surface area contributed by atoms with Gasteiger partial charge >= 0.3 is 0 Å². The van der Waals surface area contributed by atoms with E-state index in [9.17, 15) is 4.79 Å². The summed E-state index contributed by atoms with van der Waals surface area (Å²) in [4.78, 5) is 14.9. The molecule has 1 amide bonds. The smallest absolute Gasteiger partial charge is 0.263 e. The van der Waals surface area contributed by atoms with Crippen LogP contribution in [0.25, 0.3) is 0 Å². The van der Waals surface area contributed by atoms with Gasteiger partial charge < -0.3 is 9.64 Å². The van der Waals surface area contributed by atoms with E-state index in [0.29, 0.717) is 24.4 Å². The number of hydrogen-bond donors (Lipinski definition) is 0. The maximum atomic E-state index is 13.1. The second-order valence-electron chi connectivity index (χ2n) is 6.57. The molecule has 0 N–H and O–H groups in total. The van der Waals surface area contributed by atoms with Crippen molar-refractivity contribution in [2.75, 3.05) is 0 Å². The Morgan fingerprint density at radius 1 is 0.929 bits per heavy atom. The van der Waals surface area contributed by atoms with Gasteiger partial charge in [-0.3, -0.25) is 4.79 Å². The van der Waals surface area contributed by atoms with Crippen LogP contribution in [0.1, 0.15) is 23.6 Å². The number of carbonyl (C=O) groups is 1. The number of nitrogens with zero attached hydrogens (tertiary/aromatic N) is 2. The summed E-state index contributed by atoms with van der Waals surface area (Å²) in [5.41, 5.74) is 2.62. The molecule has 0 aliphatic carbocycles. The fourth-order valence-corrected chi connectivity index (χ4v) is 2.97. The Bertz CT molecular complexity index is 908. The number of nitriles is 1. The molecule has 0 spiro atoms. The van der Waals surface area contributed by atoms with E-state index in [1.54, 1.807) is 36.1 Å². The molecule has 0 radical (unpaired) electrons. The number of ether oxygens (including phenoxy) is 1. The summed E-state index contributed by atoms with van der Waals surface area (Å²) in [5, 5.41) is 9.04. The van der Waals surface area contributed by atoms with Crippen LogP contribution in [0.5, 0.6) is 5.75 Å². The summed E-state index contributed by atoms with van der Waals surface area (Å²) in [6.07, 6.45) is -0.665. The minimum Gasteiger partial charge on any atom is -0.481 e. The van der Waals surface area contributed by atoms with Crippen LogP contribution >= 0.6 is 0 Å². The highest BCUT2D eigenvalue weighted by molar-refractivity contribution is 5.81. The van der Waals surface area contributed by atoms with Gasteiger partial charge in [0.1, 0.15) is 5.75 Å². The van der Waals surface area contributed by atoms with Crippen molar-refractivity contribution in [1.82, 2.24) is 4.90 Å². The number of hydrogen-bond acceptors (Lipinski definition) is 3. The molecule has 28 heavy (non-hydrogen) atoms. The van der Waals surface area contributed by atoms with Crippen molar-refractivity contribution in [1.29, 1.82) is 5.26 Å². The Kier molecular flexibility index (Phi) is 6.43. The molecule has 3 rings (SSSR count). The van der Waals surface area contributed by atoms with Crippen molar-refractivity contribution in [3.8, 4) is 11.8 Å². The SMILES string of the molecule is CC(Oc1cccc(C#N)c1)C(=O)N(Cc1ccccc1)Cc1ccccc1. The molecule has 0 aromatic heterocycles. The first kappa shape index (κ1) is 19.2. The molecular formula is C24H22N2O2. The van der Waals surface area contributed by atoms with E-state index in [4.69, 9.17) is 10.00 Å². The molecule has 3 aromatic rings. The topological polar surface area (TPSA) is 53.3 Å². The summed E-state index contributed by atoms with van der Waals surface area (Å²) >= 11 is 0. The zero-order valence-electron chi connectivity index (χ0n) is 15.8. The van der Waals surface area contributed by atoms with E-state index < -0.39 is 6.10 Å². The fourth-order valence-electron chi connectivity index (χ4n) is 2.97. The van der Waals surface area contributed by atoms with Gasteiger partial charge in [0.25, 0.3) is 5.91 Å². The molecule has 0 saturated carbocycles. The van der Waals surface area contributed by atoms with Gasteiger partial charge in [0, 0.05) is 13.1 Å². The predicted molar refractivity (Wildman–Crippen MR) is 108 cm³/mol. The molecule has 0 aliphatic heterocycles. The van der Waals surface area contributed by atoms with E-state index in [1.165, 1.54) is 0 Å². The Morgan fingerprint density at radius 3 is 2.04 bits per heavy atom. The number of amides is 1. The molecule has 0 saturated heterocycles. The third kappa shape index (κ3) is 5.21. The highest BCUT2D eigenvalue weighted by atomic mass is 16.5. The van der Waals surface area contributed by atoms with Gasteiger partial charge in [0.15, 0.2) is 6.10 Å². The van der Waals surface area contributed by atoms with Gasteiger partial charge in [-0.1, -0.05) is 66.7 Å². The van der Waals surface area contributed by atoms with Crippen LogP contribution in [0.3, 0.4) is 0 Å². The van der Waals surface area contributed by atoms with Crippen LogP contribution in [-0.2, 0) is 17.9 Å². The standard InChI is InChI=1S/C24H22N2O2/c1-19(28-23-14-8-13-22(15-23)16-25)24(27)26(17-20-9-4-2-5-10-20)18-21-11-6-3-7-12-21/h2-15,19H,17-18H2,1H3. The average molecular weight is 370 g/mol. The molecule has 1 unspecified atom stereocenters. The number of benzene rings is 3. The zero-order chi connectivity index (χ0) is 19.8. The predicted octanol–water partition coefficient (Wildman–Crippen LogP) is 4.55. The van der Waals surface area contributed by atoms with Crippen molar-refractivity contribution in [2.45, 2.75) is 26.1 Å². The highest BCUT2D eigenvalue weighted by Gasteiger charge is 2.22. The molecule has 0 fully saturated rings. The van der Waals surface area contributed by atoms with Crippen LogP contribution in [0.4, 0.5) is 0 Å². The first-order valence-corrected chi connectivity index (χ1v) is 9.19. The maximum Gasteiger partial charge on any atom is 0.263 e. The van der Waals surface area contributed by atoms with Crippen LogP contribution in [0, 0.1) is 11.3 Å². The normalized spacial score (nSPS) is 11.3. The second-order valence-corrected chi connectivity index (χ2v) is 6.57. The summed E-state index contributed by atoms with van der Waals surface area (Å²) < 4.78 is 5.83. The van der Waals surface area contributed by atoms with E-state index in [-0.39, 0.29) is 5.91 Å². The molecule has 3 aromatic carbocycles. The lowest BCUT2D eigenvalue weighted by Gasteiger charge is -2.26. The highest BCUT2D eigenvalue weighted by Crippen LogP contribution is 2.17. The molecule has 4 nitrogen and oxygen atoms in total. The second kappa shape index (κ2) is 9.38. The third-order valence-electron chi connectivity index (χ3n) is 4.37. The first-order valence-electron chi connectivity index (χ1n) is 9.19. The van der Waals surface area contributed by atoms with Crippen LogP contribution in [-0.4, -0.2) is 16.9 Å². The molecule has 0 bridgehead atoms. The Hall–Kier alpha value is -3.58. The van der Waals surface area contributed by atoms with Gasteiger partial charge in [-0.25, -0.2) is 0 Å².